The number of anilines is 1. The second-order valence-corrected chi connectivity index (χ2v) is 7.52. The predicted octanol–water partition coefficient (Wildman–Crippen LogP) is 4.09. The Hall–Kier alpha value is -1.76. The SMILES string of the molecule is CC(CF)CC(O)(Cc1cc2cc(N3CCCCC3)ncc2[nH]1)C(F)F. The van der Waals surface area contributed by atoms with Gasteiger partial charge in [0.05, 0.1) is 18.4 Å². The number of halogens is 3. The number of hydrogen-bond acceptors (Lipinski definition) is 3. The first kappa shape index (κ1) is 19.0. The summed E-state index contributed by atoms with van der Waals surface area (Å²) in [5, 5.41) is 11.2. The number of aliphatic hydroxyl groups is 1. The number of alkyl halides is 3. The molecule has 4 nitrogen and oxygen atoms in total. The zero-order valence-corrected chi connectivity index (χ0v) is 15.0. The van der Waals surface area contributed by atoms with Crippen LogP contribution >= 0.6 is 0 Å². The van der Waals surface area contributed by atoms with Crippen molar-refractivity contribution in [3.63, 3.8) is 0 Å². The van der Waals surface area contributed by atoms with Gasteiger partial charge in [0.1, 0.15) is 11.4 Å². The number of H-pyrrole nitrogens is 1. The highest BCUT2D eigenvalue weighted by Crippen LogP contribution is 2.30. The number of rotatable bonds is 7. The Morgan fingerprint density at radius 2 is 2.00 bits per heavy atom. The Morgan fingerprint density at radius 3 is 2.65 bits per heavy atom. The fourth-order valence-electron chi connectivity index (χ4n) is 3.70. The van der Waals surface area contributed by atoms with E-state index >= 15 is 0 Å². The average molecular weight is 369 g/mol. The number of piperidine rings is 1. The second-order valence-electron chi connectivity index (χ2n) is 7.52. The van der Waals surface area contributed by atoms with Gasteiger partial charge in [-0.1, -0.05) is 6.92 Å². The maximum absolute atomic E-state index is 13.4. The van der Waals surface area contributed by atoms with Crippen LogP contribution in [-0.2, 0) is 6.42 Å². The molecule has 1 saturated heterocycles. The monoisotopic (exact) mass is 369 g/mol. The molecule has 2 aromatic heterocycles. The molecule has 1 fully saturated rings. The number of hydrogen-bond donors (Lipinski definition) is 2. The summed E-state index contributed by atoms with van der Waals surface area (Å²) >= 11 is 0. The van der Waals surface area contributed by atoms with Crippen molar-refractivity contribution in [2.24, 2.45) is 5.92 Å². The van der Waals surface area contributed by atoms with Crippen molar-refractivity contribution in [1.82, 2.24) is 9.97 Å². The molecule has 0 saturated carbocycles. The average Bonchev–Trinajstić information content (AvgIpc) is 3.03. The maximum atomic E-state index is 13.4. The van der Waals surface area contributed by atoms with Crippen LogP contribution in [0, 0.1) is 5.92 Å². The van der Waals surface area contributed by atoms with Crippen molar-refractivity contribution >= 4 is 16.7 Å². The molecule has 0 radical (unpaired) electrons. The van der Waals surface area contributed by atoms with Gasteiger partial charge in [-0.2, -0.15) is 0 Å². The lowest BCUT2D eigenvalue weighted by molar-refractivity contribution is -0.109. The highest BCUT2D eigenvalue weighted by atomic mass is 19.3. The number of aromatic nitrogens is 2. The van der Waals surface area contributed by atoms with Crippen LogP contribution in [0.1, 0.15) is 38.3 Å². The first-order valence-corrected chi connectivity index (χ1v) is 9.20. The molecule has 0 bridgehead atoms. The van der Waals surface area contributed by atoms with Gasteiger partial charge < -0.3 is 15.0 Å². The largest absolute Gasteiger partial charge is 0.384 e. The minimum Gasteiger partial charge on any atom is -0.384 e. The molecule has 0 amide bonds. The molecule has 0 aliphatic carbocycles. The summed E-state index contributed by atoms with van der Waals surface area (Å²) in [5.74, 6) is 0.267. The fraction of sp³-hybridized carbons (Fsp3) is 0.632. The molecule has 2 N–H and O–H groups in total. The first-order chi connectivity index (χ1) is 12.4. The van der Waals surface area contributed by atoms with Crippen LogP contribution in [0.2, 0.25) is 0 Å². The molecule has 2 aromatic rings. The van der Waals surface area contributed by atoms with Crippen LogP contribution in [0.5, 0.6) is 0 Å². The summed E-state index contributed by atoms with van der Waals surface area (Å²) in [6.45, 7) is 2.74. The van der Waals surface area contributed by atoms with Crippen molar-refractivity contribution < 1.29 is 18.3 Å². The van der Waals surface area contributed by atoms with E-state index in [4.69, 9.17) is 0 Å². The highest BCUT2D eigenvalue weighted by molar-refractivity contribution is 5.82. The summed E-state index contributed by atoms with van der Waals surface area (Å²) < 4.78 is 39.6. The van der Waals surface area contributed by atoms with Crippen molar-refractivity contribution in [3.05, 3.63) is 24.0 Å². The van der Waals surface area contributed by atoms with Crippen LogP contribution in [0.4, 0.5) is 19.0 Å². The third-order valence-corrected chi connectivity index (χ3v) is 5.09. The summed E-state index contributed by atoms with van der Waals surface area (Å²) in [6, 6.07) is 3.73. The molecular weight excluding hydrogens is 343 g/mol. The van der Waals surface area contributed by atoms with Crippen molar-refractivity contribution in [2.45, 2.75) is 51.1 Å². The number of nitrogens with one attached hydrogen (secondary N) is 1. The van der Waals surface area contributed by atoms with E-state index in [1.165, 1.54) is 13.3 Å². The number of fused-ring (bicyclic) bond motifs is 1. The van der Waals surface area contributed by atoms with E-state index in [-0.39, 0.29) is 12.8 Å². The lowest BCUT2D eigenvalue weighted by Crippen LogP contribution is -2.41. The third-order valence-electron chi connectivity index (χ3n) is 5.09. The minimum absolute atomic E-state index is 0.247. The number of aromatic amines is 1. The van der Waals surface area contributed by atoms with Crippen LogP contribution in [0.25, 0.3) is 10.9 Å². The van der Waals surface area contributed by atoms with E-state index < -0.39 is 24.6 Å². The summed E-state index contributed by atoms with van der Waals surface area (Å²) in [7, 11) is 0. The van der Waals surface area contributed by atoms with Crippen molar-refractivity contribution in [3.8, 4) is 0 Å². The lowest BCUT2D eigenvalue weighted by Gasteiger charge is -2.28. The lowest BCUT2D eigenvalue weighted by atomic mass is 9.88. The van der Waals surface area contributed by atoms with Crippen molar-refractivity contribution in [2.75, 3.05) is 24.7 Å². The van der Waals surface area contributed by atoms with E-state index in [0.717, 1.165) is 42.7 Å². The Labute approximate surface area is 151 Å². The Kier molecular flexibility index (Phi) is 5.75. The molecular formula is C19H26F3N3O. The third kappa shape index (κ3) is 4.14. The van der Waals surface area contributed by atoms with E-state index in [1.54, 1.807) is 12.3 Å². The molecule has 1 aliphatic heterocycles. The van der Waals surface area contributed by atoms with Crippen LogP contribution in [0.3, 0.4) is 0 Å². The van der Waals surface area contributed by atoms with Gasteiger partial charge in [-0.15, -0.1) is 0 Å². The zero-order chi connectivity index (χ0) is 18.7. The second kappa shape index (κ2) is 7.86. The van der Waals surface area contributed by atoms with Gasteiger partial charge in [0, 0.05) is 30.6 Å². The van der Waals surface area contributed by atoms with E-state index in [2.05, 4.69) is 14.9 Å². The van der Waals surface area contributed by atoms with Crippen LogP contribution in [-0.4, -0.2) is 46.9 Å². The van der Waals surface area contributed by atoms with Gasteiger partial charge >= 0.3 is 0 Å². The molecule has 144 valence electrons. The van der Waals surface area contributed by atoms with Crippen LogP contribution < -0.4 is 4.90 Å². The highest BCUT2D eigenvalue weighted by Gasteiger charge is 2.39. The number of nitrogens with zero attached hydrogens (tertiary/aromatic N) is 2. The van der Waals surface area contributed by atoms with Gasteiger partial charge in [0.2, 0.25) is 0 Å². The van der Waals surface area contributed by atoms with Gasteiger partial charge in [-0.05, 0) is 43.7 Å². The summed E-state index contributed by atoms with van der Waals surface area (Å²) in [6.07, 6.45) is 1.75. The molecule has 26 heavy (non-hydrogen) atoms. The maximum Gasteiger partial charge on any atom is 0.267 e. The molecule has 3 rings (SSSR count). The van der Waals surface area contributed by atoms with E-state index in [1.807, 2.05) is 6.07 Å². The first-order valence-electron chi connectivity index (χ1n) is 9.20. The molecule has 1 aliphatic rings. The van der Waals surface area contributed by atoms with Crippen LogP contribution in [0.15, 0.2) is 18.3 Å². The van der Waals surface area contributed by atoms with Gasteiger partial charge in [0.15, 0.2) is 0 Å². The van der Waals surface area contributed by atoms with Gasteiger partial charge in [-0.25, -0.2) is 13.8 Å². The predicted molar refractivity (Wildman–Crippen MR) is 96.6 cm³/mol. The smallest absolute Gasteiger partial charge is 0.267 e. The topological polar surface area (TPSA) is 52.1 Å². The Morgan fingerprint density at radius 1 is 1.27 bits per heavy atom. The molecule has 3 heterocycles. The molecule has 7 heteroatoms. The summed E-state index contributed by atoms with van der Waals surface area (Å²) in [5.41, 5.74) is -0.988. The molecule has 2 atom stereocenters. The van der Waals surface area contributed by atoms with Gasteiger partial charge in [-0.3, -0.25) is 4.39 Å². The van der Waals surface area contributed by atoms with Gasteiger partial charge in [0.25, 0.3) is 6.43 Å². The number of pyridine rings is 1. The minimum atomic E-state index is -2.94. The zero-order valence-electron chi connectivity index (χ0n) is 15.0. The Balaban J connectivity index is 1.81. The molecule has 0 spiro atoms. The quantitative estimate of drug-likeness (QED) is 0.773. The van der Waals surface area contributed by atoms with E-state index in [0.29, 0.717) is 5.69 Å². The fourth-order valence-corrected chi connectivity index (χ4v) is 3.70. The normalized spacial score (nSPS) is 19.1. The standard InChI is InChI=1S/C19H26F3N3O/c1-13(11-20)9-19(26,18(21)22)10-15-7-14-8-17(23-12-16(14)24-15)25-5-3-2-4-6-25/h7-8,12-13,18,24,26H,2-6,9-11H2,1H3. The summed E-state index contributed by atoms with van der Waals surface area (Å²) in [4.78, 5) is 9.76. The molecule has 0 aromatic carbocycles. The van der Waals surface area contributed by atoms with E-state index in [9.17, 15) is 18.3 Å². The Bertz CT molecular complexity index is 730. The van der Waals surface area contributed by atoms with Crippen molar-refractivity contribution in [1.29, 1.82) is 0 Å². The molecule has 2 unspecified atom stereocenters.